The maximum Gasteiger partial charge on any atom is 0.243 e. The van der Waals surface area contributed by atoms with E-state index >= 15 is 0 Å². The van der Waals surface area contributed by atoms with Crippen molar-refractivity contribution in [2.24, 2.45) is 0 Å². The minimum absolute atomic E-state index is 0.0584. The van der Waals surface area contributed by atoms with Crippen molar-refractivity contribution < 1.29 is 43.1 Å². The monoisotopic (exact) mass is 988 g/mol. The zero-order chi connectivity index (χ0) is 47.5. The number of benzene rings is 4. The van der Waals surface area contributed by atoms with Crippen LogP contribution in [-0.2, 0) is 49.6 Å². The third-order valence-electron chi connectivity index (χ3n) is 12.0. The highest BCUT2D eigenvalue weighted by Crippen LogP contribution is 2.23. The number of hydrogen-bond donors (Lipinski definition) is 0. The highest BCUT2D eigenvalue weighted by atomic mass is 32.2. The van der Waals surface area contributed by atoms with Crippen molar-refractivity contribution >= 4 is 40.1 Å². The number of sulfonamides is 4. The molecule has 0 N–H and O–H groups in total. The maximum absolute atomic E-state index is 14.5. The lowest BCUT2D eigenvalue weighted by atomic mass is 10.2. The third kappa shape index (κ3) is 13.5. The summed E-state index contributed by atoms with van der Waals surface area (Å²) in [4.78, 5) is 4.08. The Bertz CT molecular complexity index is 2280. The Labute approximate surface area is 392 Å². The fourth-order valence-corrected chi connectivity index (χ4v) is 13.4. The predicted octanol–water partition coefficient (Wildman–Crippen LogP) is 3.65. The molecule has 66 heavy (non-hydrogen) atoms. The van der Waals surface area contributed by atoms with Gasteiger partial charge in [0, 0.05) is 91.6 Å². The van der Waals surface area contributed by atoms with Gasteiger partial charge in [-0.2, -0.15) is 17.2 Å². The van der Waals surface area contributed by atoms with Crippen molar-refractivity contribution in [3.05, 3.63) is 119 Å². The zero-order valence-electron chi connectivity index (χ0n) is 38.4. The molecule has 0 atom stereocenters. The molecule has 362 valence electrons. The molecule has 2 bridgehead atoms. The van der Waals surface area contributed by atoms with Gasteiger partial charge in [-0.3, -0.25) is 9.80 Å². The second-order valence-electron chi connectivity index (χ2n) is 16.8. The van der Waals surface area contributed by atoms with Crippen LogP contribution in [0.25, 0.3) is 0 Å². The number of rotatable bonds is 8. The molecule has 3 aliphatic heterocycles. The van der Waals surface area contributed by atoms with Crippen LogP contribution in [0.4, 0.5) is 0 Å². The van der Waals surface area contributed by atoms with Gasteiger partial charge >= 0.3 is 0 Å². The summed E-state index contributed by atoms with van der Waals surface area (Å²) in [7, 11) is -16.7. The summed E-state index contributed by atoms with van der Waals surface area (Å²) >= 11 is 0. The van der Waals surface area contributed by atoms with Gasteiger partial charge in [-0.25, -0.2) is 33.7 Å². The van der Waals surface area contributed by atoms with Gasteiger partial charge in [0.15, 0.2) is 0 Å². The summed E-state index contributed by atoms with van der Waals surface area (Å²) in [6.07, 6.45) is 0. The molecule has 4 aromatic rings. The summed E-state index contributed by atoms with van der Waals surface area (Å²) < 4.78 is 133. The van der Waals surface area contributed by atoms with Gasteiger partial charge in [-0.15, -0.1) is 0 Å². The Kier molecular flexibility index (Phi) is 18.1. The third-order valence-corrected chi connectivity index (χ3v) is 19.6. The Morgan fingerprint density at radius 3 is 0.697 bits per heavy atom. The minimum atomic E-state index is -4.17. The molecule has 0 unspecified atom stereocenters. The van der Waals surface area contributed by atoms with Gasteiger partial charge in [-0.05, 0) is 76.2 Å². The highest BCUT2D eigenvalue weighted by Gasteiger charge is 2.33. The van der Waals surface area contributed by atoms with E-state index in [0.29, 0.717) is 13.1 Å². The molecule has 0 saturated carbocycles. The quantitative estimate of drug-likeness (QED) is 0.251. The fraction of sp³-hybridized carbons (Fsp3) is 0.478. The van der Waals surface area contributed by atoms with Gasteiger partial charge in [0.05, 0.1) is 46.0 Å². The Morgan fingerprint density at radius 2 is 0.485 bits per heavy atom. The van der Waals surface area contributed by atoms with E-state index in [-0.39, 0.29) is 125 Å². The molecule has 3 heterocycles. The van der Waals surface area contributed by atoms with E-state index in [4.69, 9.17) is 9.47 Å². The van der Waals surface area contributed by atoms with Gasteiger partial charge in [-0.1, -0.05) is 70.8 Å². The summed E-state index contributed by atoms with van der Waals surface area (Å²) in [5.41, 5.74) is 3.50. The molecule has 3 aliphatic rings. The summed E-state index contributed by atoms with van der Waals surface area (Å²) in [6.45, 7) is 8.58. The predicted molar refractivity (Wildman–Crippen MR) is 254 cm³/mol. The average Bonchev–Trinajstić information content (AvgIpc) is 3.27. The molecule has 16 nitrogen and oxygen atoms in total. The van der Waals surface area contributed by atoms with Crippen LogP contribution in [0.3, 0.4) is 0 Å². The molecule has 3 saturated heterocycles. The largest absolute Gasteiger partial charge is 0.378 e. The van der Waals surface area contributed by atoms with Crippen LogP contribution in [0, 0.1) is 27.7 Å². The zero-order valence-corrected chi connectivity index (χ0v) is 41.6. The van der Waals surface area contributed by atoms with Crippen LogP contribution in [0.5, 0.6) is 0 Å². The molecule has 3 fully saturated rings. The second-order valence-corrected chi connectivity index (χ2v) is 24.5. The SMILES string of the molecule is Cc1ccc(S(=O)(=O)N2CCN3CCOCCOCCN(CCN(S(=O)(=O)c4ccc(C)cc4)CC2)CCN(S(=O)(=O)c2ccc(C)cc2)CCN(S(=O)(=O)c2ccc(C)cc2)CC3)cc1. The van der Waals surface area contributed by atoms with Crippen molar-refractivity contribution in [3.8, 4) is 0 Å². The number of fused-ring (bicyclic) bond motifs is 21. The minimum Gasteiger partial charge on any atom is -0.378 e. The van der Waals surface area contributed by atoms with E-state index in [1.165, 1.54) is 65.8 Å². The molecular weight excluding hydrogens is 925 g/mol. The van der Waals surface area contributed by atoms with E-state index in [2.05, 4.69) is 0 Å². The smallest absolute Gasteiger partial charge is 0.243 e. The van der Waals surface area contributed by atoms with E-state index in [1.807, 2.05) is 37.5 Å². The summed E-state index contributed by atoms with van der Waals surface area (Å²) in [5, 5.41) is 0. The van der Waals surface area contributed by atoms with Crippen LogP contribution in [-0.4, -0.2) is 179 Å². The Morgan fingerprint density at radius 1 is 0.288 bits per heavy atom. The molecule has 0 amide bonds. The first-order valence-electron chi connectivity index (χ1n) is 22.2. The normalized spacial score (nSPS) is 21.3. The fourth-order valence-electron chi connectivity index (χ4n) is 7.68. The lowest BCUT2D eigenvalue weighted by Crippen LogP contribution is -2.49. The van der Waals surface area contributed by atoms with Gasteiger partial charge in [0.2, 0.25) is 40.1 Å². The first-order valence-corrected chi connectivity index (χ1v) is 28.0. The first kappa shape index (κ1) is 51.7. The van der Waals surface area contributed by atoms with Gasteiger partial charge in [0.25, 0.3) is 0 Å². The van der Waals surface area contributed by atoms with Crippen molar-refractivity contribution in [1.82, 2.24) is 27.0 Å². The molecule has 4 aromatic carbocycles. The van der Waals surface area contributed by atoms with E-state index < -0.39 is 40.1 Å². The molecule has 0 spiro atoms. The lowest BCUT2D eigenvalue weighted by molar-refractivity contribution is 0.0292. The highest BCUT2D eigenvalue weighted by molar-refractivity contribution is 7.90. The van der Waals surface area contributed by atoms with E-state index in [0.717, 1.165) is 22.3 Å². The van der Waals surface area contributed by atoms with Crippen molar-refractivity contribution in [3.63, 3.8) is 0 Å². The Balaban J connectivity index is 1.44. The molecule has 20 heteroatoms. The number of aryl methyl sites for hydroxylation is 4. The molecule has 0 aromatic heterocycles. The first-order chi connectivity index (χ1) is 31.4. The number of nitrogens with zero attached hydrogens (tertiary/aromatic N) is 6. The van der Waals surface area contributed by atoms with Crippen molar-refractivity contribution in [2.75, 3.05) is 118 Å². The average molecular weight is 989 g/mol. The van der Waals surface area contributed by atoms with Crippen molar-refractivity contribution in [2.45, 2.75) is 47.3 Å². The maximum atomic E-state index is 14.5. The molecule has 7 rings (SSSR count). The number of ether oxygens (including phenoxy) is 2. The topological polar surface area (TPSA) is 174 Å². The van der Waals surface area contributed by atoms with Crippen LogP contribution >= 0.6 is 0 Å². The van der Waals surface area contributed by atoms with Gasteiger partial charge < -0.3 is 9.47 Å². The second kappa shape index (κ2) is 23.1. The molecule has 0 radical (unpaired) electrons. The van der Waals surface area contributed by atoms with Crippen LogP contribution < -0.4 is 0 Å². The van der Waals surface area contributed by atoms with E-state index in [1.54, 1.807) is 48.5 Å². The lowest BCUT2D eigenvalue weighted by Gasteiger charge is -2.33. The van der Waals surface area contributed by atoms with Gasteiger partial charge in [0.1, 0.15) is 0 Å². The number of hydrogen-bond acceptors (Lipinski definition) is 12. The summed E-state index contributed by atoms with van der Waals surface area (Å²) in [5.74, 6) is 0. The molecular formula is C46H64N6O10S4. The van der Waals surface area contributed by atoms with Crippen LogP contribution in [0.2, 0.25) is 0 Å². The van der Waals surface area contributed by atoms with Crippen LogP contribution in [0.15, 0.2) is 117 Å². The standard InChI is InChI=1S/C46H64N6O10S4/c1-39-5-13-43(14-6-39)63(53,54)49-25-21-47-22-27-51(65(57,58)45-17-9-41(3)10-18-45)31-32-52(66(59,60)46-19-11-42(4)12-20-46)28-24-48(34-36-62-38-37-61-35-33-47)23-26-50(30-29-49)64(55,56)44-15-7-40(2)8-16-44/h5-20H,21-38H2,1-4H3. The molecule has 0 aliphatic carbocycles. The van der Waals surface area contributed by atoms with Crippen molar-refractivity contribution in [1.29, 1.82) is 0 Å². The Hall–Kier alpha value is -3.64. The van der Waals surface area contributed by atoms with E-state index in [9.17, 15) is 33.7 Å². The summed E-state index contributed by atoms with van der Waals surface area (Å²) in [6, 6.07) is 26.0. The van der Waals surface area contributed by atoms with Crippen LogP contribution in [0.1, 0.15) is 22.3 Å².